The van der Waals surface area contributed by atoms with E-state index < -0.39 is 0 Å². The lowest BCUT2D eigenvalue weighted by atomic mass is 9.72. The Hall–Kier alpha value is -1.58. The predicted molar refractivity (Wildman–Crippen MR) is 100 cm³/mol. The van der Waals surface area contributed by atoms with Gasteiger partial charge in [0.15, 0.2) is 0 Å². The van der Waals surface area contributed by atoms with Crippen molar-refractivity contribution in [3.63, 3.8) is 0 Å². The van der Waals surface area contributed by atoms with Crippen molar-refractivity contribution in [2.75, 3.05) is 0 Å². The van der Waals surface area contributed by atoms with Crippen LogP contribution < -0.4 is 0 Å². The summed E-state index contributed by atoms with van der Waals surface area (Å²) in [5, 5.41) is 12.4. The maximum atomic E-state index is 4.93. The minimum absolute atomic E-state index is 0.399. The summed E-state index contributed by atoms with van der Waals surface area (Å²) in [7, 11) is 0. The maximum Gasteiger partial charge on any atom is 0.0656 e. The molecule has 0 saturated heterocycles. The number of rotatable bonds is 3. The van der Waals surface area contributed by atoms with Crippen molar-refractivity contribution in [2.45, 2.75) is 72.8 Å². The van der Waals surface area contributed by atoms with Crippen molar-refractivity contribution in [2.24, 2.45) is 23.2 Å². The molecule has 0 amide bonds. The number of nitrogens with zero attached hydrogens (tertiary/aromatic N) is 3. The fourth-order valence-corrected chi connectivity index (χ4v) is 4.75. The van der Waals surface area contributed by atoms with E-state index in [1.807, 2.05) is 0 Å². The monoisotopic (exact) mass is 340 g/mol. The highest BCUT2D eigenvalue weighted by atomic mass is 15.3. The maximum absolute atomic E-state index is 4.93. The lowest BCUT2D eigenvalue weighted by Gasteiger charge is -2.33. The van der Waals surface area contributed by atoms with Crippen LogP contribution in [0.1, 0.15) is 63.1 Å². The van der Waals surface area contributed by atoms with Crippen LogP contribution in [0.25, 0.3) is 0 Å². The molecule has 25 heavy (non-hydrogen) atoms. The number of fused-ring (bicyclic) bond motifs is 2. The average Bonchev–Trinajstić information content (AvgIpc) is 3.18. The first-order chi connectivity index (χ1) is 11.9. The minimum atomic E-state index is 0.399. The summed E-state index contributed by atoms with van der Waals surface area (Å²) in [5.74, 6) is 2.15. The van der Waals surface area contributed by atoms with Crippen molar-refractivity contribution >= 4 is 0 Å². The van der Waals surface area contributed by atoms with E-state index in [0.717, 1.165) is 31.2 Å². The lowest BCUT2D eigenvalue weighted by molar-refractivity contribution is 0.215. The van der Waals surface area contributed by atoms with Gasteiger partial charge in [0, 0.05) is 18.9 Å². The van der Waals surface area contributed by atoms with Gasteiger partial charge in [-0.2, -0.15) is 10.2 Å². The zero-order valence-corrected chi connectivity index (χ0v) is 16.2. The first kappa shape index (κ1) is 16.9. The molecule has 2 aromatic heterocycles. The first-order valence-electron chi connectivity index (χ1n) is 9.97. The minimum Gasteiger partial charge on any atom is -0.285 e. The number of hydrogen-bond donors (Lipinski definition) is 1. The highest BCUT2D eigenvalue weighted by molar-refractivity contribution is 5.22. The van der Waals surface area contributed by atoms with Crippen molar-refractivity contribution < 1.29 is 0 Å². The summed E-state index contributed by atoms with van der Waals surface area (Å²) >= 11 is 0. The molecule has 2 aromatic rings. The van der Waals surface area contributed by atoms with Crippen molar-refractivity contribution in [1.29, 1.82) is 0 Å². The summed E-state index contributed by atoms with van der Waals surface area (Å²) in [4.78, 5) is 0. The summed E-state index contributed by atoms with van der Waals surface area (Å²) in [6.45, 7) is 10.6. The van der Waals surface area contributed by atoms with E-state index in [1.54, 1.807) is 0 Å². The fourth-order valence-electron chi connectivity index (χ4n) is 4.75. The van der Waals surface area contributed by atoms with Gasteiger partial charge in [-0.25, -0.2) is 0 Å². The van der Waals surface area contributed by atoms with Crippen LogP contribution in [0.15, 0.2) is 12.4 Å². The molecule has 4 rings (SSSR count). The molecule has 4 nitrogen and oxygen atoms in total. The van der Waals surface area contributed by atoms with Crippen LogP contribution in [0.4, 0.5) is 0 Å². The molecule has 0 bridgehead atoms. The molecule has 3 atom stereocenters. The molecule has 0 aliphatic heterocycles. The second kappa shape index (κ2) is 6.30. The van der Waals surface area contributed by atoms with Gasteiger partial charge in [-0.3, -0.25) is 9.78 Å². The van der Waals surface area contributed by atoms with E-state index in [0.29, 0.717) is 11.3 Å². The molecule has 0 fully saturated rings. The van der Waals surface area contributed by atoms with Crippen molar-refractivity contribution in [3.05, 3.63) is 34.9 Å². The fraction of sp³-hybridized carbons (Fsp3) is 0.714. The van der Waals surface area contributed by atoms with Crippen LogP contribution in [0, 0.1) is 23.2 Å². The second-order valence-electron chi connectivity index (χ2n) is 9.47. The summed E-state index contributed by atoms with van der Waals surface area (Å²) in [6.07, 6.45) is 11.6. The number of hydrogen-bond acceptors (Lipinski definition) is 2. The zero-order valence-electron chi connectivity index (χ0n) is 16.2. The summed E-state index contributed by atoms with van der Waals surface area (Å²) in [6, 6.07) is 0. The summed E-state index contributed by atoms with van der Waals surface area (Å²) in [5.41, 5.74) is 5.96. The molecule has 2 aliphatic rings. The Bertz CT molecular complexity index is 733. The van der Waals surface area contributed by atoms with Crippen LogP contribution in [0.5, 0.6) is 0 Å². The molecule has 2 aliphatic carbocycles. The van der Waals surface area contributed by atoms with E-state index in [2.05, 4.69) is 55.0 Å². The first-order valence-corrected chi connectivity index (χ1v) is 9.97. The third-order valence-electron chi connectivity index (χ3n) is 6.67. The third kappa shape index (κ3) is 3.40. The smallest absolute Gasteiger partial charge is 0.0656 e. The number of aromatic nitrogens is 4. The molecule has 0 saturated carbocycles. The van der Waals surface area contributed by atoms with Crippen molar-refractivity contribution in [3.8, 4) is 0 Å². The summed E-state index contributed by atoms with van der Waals surface area (Å²) < 4.78 is 2.24. The molecular formula is C21H32N4. The number of aromatic amines is 1. The van der Waals surface area contributed by atoms with Gasteiger partial charge >= 0.3 is 0 Å². The Morgan fingerprint density at radius 1 is 1.16 bits per heavy atom. The van der Waals surface area contributed by atoms with Crippen LogP contribution in [-0.2, 0) is 32.2 Å². The molecule has 0 aromatic carbocycles. The van der Waals surface area contributed by atoms with Crippen LogP contribution in [-0.4, -0.2) is 20.0 Å². The molecule has 0 spiro atoms. The molecular weight excluding hydrogens is 308 g/mol. The molecule has 2 heterocycles. The lowest BCUT2D eigenvalue weighted by Crippen LogP contribution is -2.26. The number of aryl methyl sites for hydroxylation is 2. The van der Waals surface area contributed by atoms with Gasteiger partial charge in [-0.05, 0) is 72.8 Å². The quantitative estimate of drug-likeness (QED) is 0.910. The van der Waals surface area contributed by atoms with Gasteiger partial charge in [-0.1, -0.05) is 27.7 Å². The van der Waals surface area contributed by atoms with Gasteiger partial charge < -0.3 is 0 Å². The second-order valence-corrected chi connectivity index (χ2v) is 9.47. The zero-order chi connectivity index (χ0) is 17.6. The van der Waals surface area contributed by atoms with E-state index >= 15 is 0 Å². The van der Waals surface area contributed by atoms with Gasteiger partial charge in [0.2, 0.25) is 0 Å². The average molecular weight is 341 g/mol. The Kier molecular flexibility index (Phi) is 4.25. The third-order valence-corrected chi connectivity index (χ3v) is 6.67. The molecule has 0 radical (unpaired) electrons. The van der Waals surface area contributed by atoms with E-state index in [-0.39, 0.29) is 0 Å². The highest BCUT2D eigenvalue weighted by Crippen LogP contribution is 2.37. The molecule has 4 heteroatoms. The van der Waals surface area contributed by atoms with Crippen LogP contribution in [0.3, 0.4) is 0 Å². The van der Waals surface area contributed by atoms with Gasteiger partial charge in [0.05, 0.1) is 11.4 Å². The normalized spacial score (nSPS) is 24.6. The van der Waals surface area contributed by atoms with Gasteiger partial charge in [0.1, 0.15) is 0 Å². The van der Waals surface area contributed by atoms with Gasteiger partial charge in [0.25, 0.3) is 0 Å². The standard InChI is InChI=1S/C21H32N4/c1-14(15-5-6-16-11-22-23-20(16)10-15)12-25-13-17-9-18(21(2,3)4)7-8-19(17)24-25/h11,13-15,18H,5-10,12H2,1-4H3,(H,22,23). The Labute approximate surface area is 151 Å². The molecule has 3 unspecified atom stereocenters. The Morgan fingerprint density at radius 3 is 2.80 bits per heavy atom. The predicted octanol–water partition coefficient (Wildman–Crippen LogP) is 4.20. The Balaban J connectivity index is 1.42. The number of nitrogens with one attached hydrogen (secondary N) is 1. The highest BCUT2D eigenvalue weighted by Gasteiger charge is 2.31. The number of H-pyrrole nitrogens is 1. The molecule has 1 N–H and O–H groups in total. The SMILES string of the molecule is CC(Cn1cc2c(n1)CCC(C(C)(C)C)C2)C1CCc2c[nH]nc2C1. The van der Waals surface area contributed by atoms with E-state index in [9.17, 15) is 0 Å². The topological polar surface area (TPSA) is 46.5 Å². The Morgan fingerprint density at radius 2 is 2.00 bits per heavy atom. The van der Waals surface area contributed by atoms with Gasteiger partial charge in [-0.15, -0.1) is 0 Å². The van der Waals surface area contributed by atoms with Crippen molar-refractivity contribution in [1.82, 2.24) is 20.0 Å². The van der Waals surface area contributed by atoms with Crippen LogP contribution in [0.2, 0.25) is 0 Å². The largest absolute Gasteiger partial charge is 0.285 e. The van der Waals surface area contributed by atoms with Crippen LogP contribution >= 0.6 is 0 Å². The van der Waals surface area contributed by atoms with E-state index in [1.165, 1.54) is 48.2 Å². The van der Waals surface area contributed by atoms with E-state index in [4.69, 9.17) is 5.10 Å². The molecule has 136 valence electrons.